The van der Waals surface area contributed by atoms with Crippen molar-refractivity contribution in [3.8, 4) is 0 Å². The molecule has 0 aliphatic heterocycles. The number of halogens is 2. The molecule has 3 rings (SSSR count). The van der Waals surface area contributed by atoms with Gasteiger partial charge in [-0.1, -0.05) is 19.1 Å². The number of aryl methyl sites for hydroxylation is 1. The number of thioether (sulfide) groups is 1. The molecule has 1 saturated carbocycles. The van der Waals surface area contributed by atoms with E-state index in [0.717, 1.165) is 17.8 Å². The van der Waals surface area contributed by atoms with Crippen molar-refractivity contribution in [2.45, 2.75) is 64.3 Å². The molecule has 0 spiro atoms. The van der Waals surface area contributed by atoms with Crippen molar-refractivity contribution in [2.24, 2.45) is 5.41 Å². The highest BCUT2D eigenvalue weighted by molar-refractivity contribution is 7.98. The van der Waals surface area contributed by atoms with E-state index in [-0.39, 0.29) is 25.5 Å². The van der Waals surface area contributed by atoms with Gasteiger partial charge in [0.1, 0.15) is 5.69 Å². The normalized spacial score (nSPS) is 20.3. The van der Waals surface area contributed by atoms with E-state index >= 15 is 0 Å². The highest BCUT2D eigenvalue weighted by Crippen LogP contribution is 2.50. The second-order valence-corrected chi connectivity index (χ2v) is 9.26. The van der Waals surface area contributed by atoms with Crippen LogP contribution in [0.25, 0.3) is 0 Å². The first kappa shape index (κ1) is 23.6. The van der Waals surface area contributed by atoms with Crippen LogP contribution in [0.4, 0.5) is 8.78 Å². The molecule has 8 nitrogen and oxygen atoms in total. The van der Waals surface area contributed by atoms with E-state index in [0.29, 0.717) is 43.1 Å². The summed E-state index contributed by atoms with van der Waals surface area (Å²) < 4.78 is 31.4. The Morgan fingerprint density at radius 3 is 2.87 bits per heavy atom. The molecule has 2 aromatic rings. The van der Waals surface area contributed by atoms with Crippen LogP contribution in [0.15, 0.2) is 12.3 Å². The van der Waals surface area contributed by atoms with E-state index in [1.54, 1.807) is 35.6 Å². The van der Waals surface area contributed by atoms with Crippen LogP contribution < -0.4 is 5.32 Å². The molecule has 31 heavy (non-hydrogen) atoms. The number of rotatable bonds is 11. The number of nitrogens with one attached hydrogen (secondary N) is 1. The molecule has 1 amide bonds. The molecule has 0 bridgehead atoms. The molecule has 172 valence electrons. The summed E-state index contributed by atoms with van der Waals surface area (Å²) in [5, 5.41) is 24.3. The number of hydrogen-bond donors (Lipinski definition) is 2. The Morgan fingerprint density at radius 2 is 2.19 bits per heavy atom. The summed E-state index contributed by atoms with van der Waals surface area (Å²) in [5.41, 5.74) is 0.907. The van der Waals surface area contributed by atoms with Crippen LogP contribution in [0.5, 0.6) is 0 Å². The minimum atomic E-state index is -2.67. The fraction of sp³-hybridized carbons (Fsp3) is 0.700. The fourth-order valence-electron chi connectivity index (χ4n) is 3.86. The third-order valence-corrected chi connectivity index (χ3v) is 6.74. The van der Waals surface area contributed by atoms with Gasteiger partial charge in [-0.15, -0.1) is 5.10 Å². The van der Waals surface area contributed by atoms with Gasteiger partial charge in [0.05, 0.1) is 30.8 Å². The van der Waals surface area contributed by atoms with E-state index in [1.165, 1.54) is 4.68 Å². The number of aliphatic hydroxyl groups excluding tert-OH is 1. The molecular weight excluding hydrogens is 426 g/mol. The molecule has 1 atom stereocenters. The van der Waals surface area contributed by atoms with Crippen molar-refractivity contribution < 1.29 is 18.7 Å². The van der Waals surface area contributed by atoms with Crippen LogP contribution in [0, 0.1) is 5.41 Å². The maximum absolute atomic E-state index is 14.1. The third kappa shape index (κ3) is 5.62. The van der Waals surface area contributed by atoms with Gasteiger partial charge in [0.15, 0.2) is 0 Å². The number of amides is 1. The molecule has 1 fully saturated rings. The van der Waals surface area contributed by atoms with Gasteiger partial charge in [-0.05, 0) is 25.3 Å². The zero-order valence-electron chi connectivity index (χ0n) is 18.0. The summed E-state index contributed by atoms with van der Waals surface area (Å²) in [6, 6.07) is 1.74. The predicted molar refractivity (Wildman–Crippen MR) is 114 cm³/mol. The molecule has 1 unspecified atom stereocenters. The average molecular weight is 457 g/mol. The Bertz CT molecular complexity index is 887. The number of nitrogens with zero attached hydrogens (tertiary/aromatic N) is 5. The van der Waals surface area contributed by atoms with Crippen molar-refractivity contribution in [3.63, 3.8) is 0 Å². The van der Waals surface area contributed by atoms with Gasteiger partial charge in [-0.3, -0.25) is 14.2 Å². The molecule has 0 radical (unpaired) electrons. The quantitative estimate of drug-likeness (QED) is 0.504. The van der Waals surface area contributed by atoms with E-state index in [2.05, 4.69) is 20.7 Å². The lowest BCUT2D eigenvalue weighted by Gasteiger charge is -2.30. The van der Waals surface area contributed by atoms with Crippen LogP contribution in [-0.4, -0.2) is 60.6 Å². The van der Waals surface area contributed by atoms with Crippen LogP contribution in [-0.2, 0) is 25.3 Å². The topological polar surface area (TPSA) is 97.9 Å². The van der Waals surface area contributed by atoms with Crippen molar-refractivity contribution in [1.82, 2.24) is 30.1 Å². The first-order valence-electron chi connectivity index (χ1n) is 10.6. The van der Waals surface area contributed by atoms with Crippen LogP contribution in [0.1, 0.15) is 55.0 Å². The zero-order chi connectivity index (χ0) is 22.5. The lowest BCUT2D eigenvalue weighted by atomic mass is 9.86. The molecule has 11 heteroatoms. The van der Waals surface area contributed by atoms with Gasteiger partial charge in [-0.25, -0.2) is 8.78 Å². The SMILES string of the molecule is CCc1cc(C(=O)NCCSCc2cn(CC3(C)CCCC3(F)F)nn2)nn1CCO. The highest BCUT2D eigenvalue weighted by atomic mass is 32.2. The lowest BCUT2D eigenvalue weighted by Crippen LogP contribution is -2.37. The summed E-state index contributed by atoms with van der Waals surface area (Å²) >= 11 is 1.58. The Balaban J connectivity index is 1.40. The van der Waals surface area contributed by atoms with E-state index < -0.39 is 11.3 Å². The summed E-state index contributed by atoms with van der Waals surface area (Å²) in [7, 11) is 0. The van der Waals surface area contributed by atoms with Gasteiger partial charge >= 0.3 is 0 Å². The molecular formula is C20H30F2N6O2S. The first-order valence-corrected chi connectivity index (χ1v) is 11.7. The predicted octanol–water partition coefficient (Wildman–Crippen LogP) is 2.52. The molecule has 1 aliphatic carbocycles. The van der Waals surface area contributed by atoms with Crippen LogP contribution in [0.2, 0.25) is 0 Å². The van der Waals surface area contributed by atoms with Crippen molar-refractivity contribution in [2.75, 3.05) is 18.9 Å². The van der Waals surface area contributed by atoms with Crippen LogP contribution in [0.3, 0.4) is 0 Å². The van der Waals surface area contributed by atoms with E-state index in [9.17, 15) is 13.6 Å². The summed E-state index contributed by atoms with van der Waals surface area (Å²) in [6.07, 6.45) is 3.42. The van der Waals surface area contributed by atoms with E-state index in [1.807, 2.05) is 6.92 Å². The molecule has 0 saturated heterocycles. The summed E-state index contributed by atoms with van der Waals surface area (Å²) in [5.74, 6) is -1.65. The minimum Gasteiger partial charge on any atom is -0.394 e. The second kappa shape index (κ2) is 10.1. The van der Waals surface area contributed by atoms with Crippen LogP contribution >= 0.6 is 11.8 Å². The fourth-order valence-corrected chi connectivity index (χ4v) is 4.59. The third-order valence-electron chi connectivity index (χ3n) is 5.75. The minimum absolute atomic E-state index is 0.0291. The Morgan fingerprint density at radius 1 is 1.39 bits per heavy atom. The second-order valence-electron chi connectivity index (χ2n) is 8.16. The number of aromatic nitrogens is 5. The maximum Gasteiger partial charge on any atom is 0.271 e. The lowest BCUT2D eigenvalue weighted by molar-refractivity contribution is -0.0985. The van der Waals surface area contributed by atoms with Gasteiger partial charge < -0.3 is 10.4 Å². The number of hydrogen-bond acceptors (Lipinski definition) is 6. The van der Waals surface area contributed by atoms with Crippen molar-refractivity contribution in [1.29, 1.82) is 0 Å². The largest absolute Gasteiger partial charge is 0.394 e. The number of carbonyl (C=O) groups excluding carboxylic acids is 1. The standard InChI is InChI=1S/C20H30F2N6O2S/c1-3-16-11-17(25-28(16)8-9-29)18(30)23-7-10-31-13-15-12-27(26-24-15)14-19(2)5-4-6-20(19,21)22/h11-12,29H,3-10,13-14H2,1-2H3,(H,23,30). The monoisotopic (exact) mass is 456 g/mol. The first-order chi connectivity index (χ1) is 14.8. The summed E-state index contributed by atoms with van der Waals surface area (Å²) in [6.45, 7) is 4.56. The Kier molecular flexibility index (Phi) is 7.68. The highest BCUT2D eigenvalue weighted by Gasteiger charge is 2.53. The summed E-state index contributed by atoms with van der Waals surface area (Å²) in [4.78, 5) is 12.3. The van der Waals surface area contributed by atoms with E-state index in [4.69, 9.17) is 5.11 Å². The zero-order valence-corrected chi connectivity index (χ0v) is 18.8. The molecule has 1 aliphatic rings. The molecule has 2 heterocycles. The average Bonchev–Trinajstić information content (AvgIpc) is 3.40. The van der Waals surface area contributed by atoms with Gasteiger partial charge in [0, 0.05) is 36.4 Å². The number of alkyl halides is 2. The smallest absolute Gasteiger partial charge is 0.271 e. The van der Waals surface area contributed by atoms with Gasteiger partial charge in [0.25, 0.3) is 11.8 Å². The Labute approximate surface area is 184 Å². The van der Waals surface area contributed by atoms with Gasteiger partial charge in [0.2, 0.25) is 0 Å². The Hall–Kier alpha value is -2.01. The van der Waals surface area contributed by atoms with Crippen molar-refractivity contribution in [3.05, 3.63) is 29.3 Å². The molecule has 0 aromatic carbocycles. The molecule has 2 aromatic heterocycles. The number of aliphatic hydroxyl groups is 1. The number of carbonyl (C=O) groups is 1. The molecule has 2 N–H and O–H groups in total. The maximum atomic E-state index is 14.1. The van der Waals surface area contributed by atoms with Gasteiger partial charge in [-0.2, -0.15) is 16.9 Å². The van der Waals surface area contributed by atoms with Crippen molar-refractivity contribution >= 4 is 17.7 Å².